The maximum atomic E-state index is 12.2. The van der Waals surface area contributed by atoms with E-state index in [9.17, 15) is 9.90 Å². The van der Waals surface area contributed by atoms with Crippen molar-refractivity contribution in [3.63, 3.8) is 0 Å². The Kier molecular flexibility index (Phi) is 4.31. The highest BCUT2D eigenvalue weighted by Gasteiger charge is 2.12. The maximum Gasteiger partial charge on any atom is 0.256 e. The van der Waals surface area contributed by atoms with Gasteiger partial charge >= 0.3 is 0 Å². The van der Waals surface area contributed by atoms with Crippen LogP contribution in [0.5, 0.6) is 5.75 Å². The van der Waals surface area contributed by atoms with Gasteiger partial charge in [-0.25, -0.2) is 0 Å². The van der Waals surface area contributed by atoms with Crippen molar-refractivity contribution < 1.29 is 9.90 Å². The van der Waals surface area contributed by atoms with Crippen LogP contribution < -0.4 is 11.1 Å². The number of rotatable bonds is 2. The Morgan fingerprint density at radius 1 is 1.26 bits per heavy atom. The van der Waals surface area contributed by atoms with Crippen LogP contribution in [-0.2, 0) is 0 Å². The van der Waals surface area contributed by atoms with Crippen molar-refractivity contribution >= 4 is 55.8 Å². The highest BCUT2D eigenvalue weighted by atomic mass is 127. The molecule has 19 heavy (non-hydrogen) atoms. The van der Waals surface area contributed by atoms with E-state index in [1.165, 1.54) is 12.1 Å². The predicted molar refractivity (Wildman–Crippen MR) is 87.3 cm³/mol. The van der Waals surface area contributed by atoms with Gasteiger partial charge in [-0.1, -0.05) is 15.9 Å². The van der Waals surface area contributed by atoms with Crippen molar-refractivity contribution in [1.29, 1.82) is 0 Å². The van der Waals surface area contributed by atoms with Crippen LogP contribution in [0.2, 0.25) is 0 Å². The lowest BCUT2D eigenvalue weighted by Gasteiger charge is -2.10. The molecule has 2 aromatic carbocycles. The minimum Gasteiger partial charge on any atom is -0.508 e. The van der Waals surface area contributed by atoms with Crippen molar-refractivity contribution in [2.24, 2.45) is 0 Å². The van der Waals surface area contributed by atoms with Crippen LogP contribution in [0.1, 0.15) is 10.4 Å². The average molecular weight is 433 g/mol. The Labute approximate surface area is 132 Å². The lowest BCUT2D eigenvalue weighted by molar-refractivity contribution is 0.102. The van der Waals surface area contributed by atoms with E-state index in [2.05, 4.69) is 43.8 Å². The van der Waals surface area contributed by atoms with Gasteiger partial charge in [0.2, 0.25) is 0 Å². The van der Waals surface area contributed by atoms with Crippen LogP contribution in [0.15, 0.2) is 40.9 Å². The van der Waals surface area contributed by atoms with E-state index in [0.717, 1.165) is 8.04 Å². The van der Waals surface area contributed by atoms with Gasteiger partial charge in [0.1, 0.15) is 5.75 Å². The van der Waals surface area contributed by atoms with E-state index in [0.29, 0.717) is 16.9 Å². The average Bonchev–Trinajstić information content (AvgIpc) is 2.35. The molecule has 0 atom stereocenters. The van der Waals surface area contributed by atoms with Crippen molar-refractivity contribution in [3.05, 3.63) is 50.0 Å². The van der Waals surface area contributed by atoms with Crippen molar-refractivity contribution in [3.8, 4) is 5.75 Å². The first-order valence-electron chi connectivity index (χ1n) is 5.32. The molecule has 0 radical (unpaired) electrons. The molecule has 0 aliphatic rings. The predicted octanol–water partition coefficient (Wildman–Crippen LogP) is 3.59. The first-order chi connectivity index (χ1) is 8.97. The third kappa shape index (κ3) is 3.38. The molecular formula is C13H10BrIN2O2. The molecule has 0 saturated heterocycles. The van der Waals surface area contributed by atoms with E-state index in [4.69, 9.17) is 5.73 Å². The molecule has 0 aromatic heterocycles. The molecule has 4 N–H and O–H groups in total. The molecule has 0 fully saturated rings. The highest BCUT2D eigenvalue weighted by molar-refractivity contribution is 14.1. The number of benzene rings is 2. The molecule has 0 spiro atoms. The standard InChI is InChI=1S/C13H10BrIN2O2/c14-7-1-3-10(15)9(5-7)13(19)17-12-4-2-8(18)6-11(12)16/h1-6,18H,16H2,(H,17,19). The summed E-state index contributed by atoms with van der Waals surface area (Å²) in [5.41, 5.74) is 7.08. The second-order valence-corrected chi connectivity index (χ2v) is 5.93. The number of halogens is 2. The number of nitrogens with two attached hydrogens (primary N) is 1. The molecule has 98 valence electrons. The van der Waals surface area contributed by atoms with Gasteiger partial charge in [-0.15, -0.1) is 0 Å². The summed E-state index contributed by atoms with van der Waals surface area (Å²) in [6.45, 7) is 0. The van der Waals surface area contributed by atoms with Gasteiger partial charge in [0.15, 0.2) is 0 Å². The molecule has 0 aliphatic heterocycles. The van der Waals surface area contributed by atoms with Gasteiger partial charge in [-0.3, -0.25) is 4.79 Å². The second-order valence-electron chi connectivity index (χ2n) is 3.85. The van der Waals surface area contributed by atoms with Crippen LogP contribution in [0.3, 0.4) is 0 Å². The molecule has 2 rings (SSSR count). The highest BCUT2D eigenvalue weighted by Crippen LogP contribution is 2.25. The Morgan fingerprint density at radius 3 is 2.68 bits per heavy atom. The quantitative estimate of drug-likeness (QED) is 0.385. The number of anilines is 2. The van der Waals surface area contributed by atoms with E-state index in [-0.39, 0.29) is 11.7 Å². The third-order valence-corrected chi connectivity index (χ3v) is 3.89. The maximum absolute atomic E-state index is 12.2. The first-order valence-corrected chi connectivity index (χ1v) is 7.19. The number of carbonyl (C=O) groups is 1. The fourth-order valence-electron chi connectivity index (χ4n) is 1.53. The lowest BCUT2D eigenvalue weighted by Crippen LogP contribution is -2.14. The van der Waals surface area contributed by atoms with Gasteiger partial charge in [0, 0.05) is 14.1 Å². The number of nitrogens with one attached hydrogen (secondary N) is 1. The summed E-state index contributed by atoms with van der Waals surface area (Å²) in [6, 6.07) is 9.88. The van der Waals surface area contributed by atoms with Crippen LogP contribution in [0.4, 0.5) is 11.4 Å². The molecule has 6 heteroatoms. The van der Waals surface area contributed by atoms with Gasteiger partial charge in [0.25, 0.3) is 5.91 Å². The molecule has 0 heterocycles. The van der Waals surface area contributed by atoms with Crippen LogP contribution in [-0.4, -0.2) is 11.0 Å². The largest absolute Gasteiger partial charge is 0.508 e. The van der Waals surface area contributed by atoms with E-state index < -0.39 is 0 Å². The molecule has 0 aliphatic carbocycles. The Balaban J connectivity index is 2.28. The van der Waals surface area contributed by atoms with Crippen LogP contribution in [0.25, 0.3) is 0 Å². The van der Waals surface area contributed by atoms with E-state index >= 15 is 0 Å². The van der Waals surface area contributed by atoms with Crippen LogP contribution in [0, 0.1) is 3.57 Å². The fraction of sp³-hybridized carbons (Fsp3) is 0. The van der Waals surface area contributed by atoms with Gasteiger partial charge < -0.3 is 16.2 Å². The molecule has 0 saturated carbocycles. The normalized spacial score (nSPS) is 10.2. The smallest absolute Gasteiger partial charge is 0.256 e. The summed E-state index contributed by atoms with van der Waals surface area (Å²) in [7, 11) is 0. The summed E-state index contributed by atoms with van der Waals surface area (Å²) in [4.78, 5) is 12.2. The molecule has 4 nitrogen and oxygen atoms in total. The van der Waals surface area contributed by atoms with E-state index in [1.54, 1.807) is 12.1 Å². The zero-order chi connectivity index (χ0) is 14.0. The van der Waals surface area contributed by atoms with Crippen molar-refractivity contribution in [1.82, 2.24) is 0 Å². The number of hydrogen-bond acceptors (Lipinski definition) is 3. The number of phenolic OH excluding ortho intramolecular Hbond substituents is 1. The Hall–Kier alpha value is -1.28. The van der Waals surface area contributed by atoms with Crippen molar-refractivity contribution in [2.45, 2.75) is 0 Å². The number of nitrogen functional groups attached to an aromatic ring is 1. The molecule has 0 unspecified atom stereocenters. The molecular weight excluding hydrogens is 423 g/mol. The number of aromatic hydroxyl groups is 1. The Bertz CT molecular complexity index is 647. The lowest BCUT2D eigenvalue weighted by atomic mass is 10.2. The SMILES string of the molecule is Nc1cc(O)ccc1NC(=O)c1cc(Br)ccc1I. The Morgan fingerprint density at radius 2 is 2.00 bits per heavy atom. The molecule has 0 bridgehead atoms. The first kappa shape index (κ1) is 14.1. The topological polar surface area (TPSA) is 75.3 Å². The zero-order valence-electron chi connectivity index (χ0n) is 9.65. The summed E-state index contributed by atoms with van der Waals surface area (Å²) in [5, 5.41) is 12.0. The van der Waals surface area contributed by atoms with E-state index in [1.807, 2.05) is 12.1 Å². The number of phenols is 1. The van der Waals surface area contributed by atoms with Crippen LogP contribution >= 0.6 is 38.5 Å². The third-order valence-electron chi connectivity index (χ3n) is 2.46. The number of hydrogen-bond donors (Lipinski definition) is 3. The number of amides is 1. The minimum absolute atomic E-state index is 0.0625. The summed E-state index contributed by atoms with van der Waals surface area (Å²) in [5.74, 6) is -0.185. The fourth-order valence-corrected chi connectivity index (χ4v) is 2.47. The van der Waals surface area contributed by atoms with Crippen molar-refractivity contribution in [2.75, 3.05) is 11.1 Å². The monoisotopic (exact) mass is 432 g/mol. The summed E-state index contributed by atoms with van der Waals surface area (Å²) >= 11 is 5.43. The van der Waals surface area contributed by atoms with Gasteiger partial charge in [-0.05, 0) is 52.9 Å². The van der Waals surface area contributed by atoms with Gasteiger partial charge in [-0.2, -0.15) is 0 Å². The second kappa shape index (κ2) is 5.79. The van der Waals surface area contributed by atoms with Gasteiger partial charge in [0.05, 0.1) is 16.9 Å². The summed E-state index contributed by atoms with van der Waals surface area (Å²) < 4.78 is 1.67. The zero-order valence-corrected chi connectivity index (χ0v) is 13.4. The summed E-state index contributed by atoms with van der Waals surface area (Å²) in [6.07, 6.45) is 0. The minimum atomic E-state index is -0.247. The molecule has 1 amide bonds. The number of carbonyl (C=O) groups excluding carboxylic acids is 1. The molecule has 2 aromatic rings.